The standard InChI is InChI=1S/C14H14ClN5/c1-9-10(2)14-18-17-12(20(14)19-13(9)15)4-3-11-5-7-16-8-6-11/h5-8H,3-4H2,1-2H3. The Kier molecular flexibility index (Phi) is 3.36. The number of hydrogen-bond donors (Lipinski definition) is 0. The highest BCUT2D eigenvalue weighted by atomic mass is 35.5. The SMILES string of the molecule is Cc1c(Cl)nn2c(CCc3ccncc3)nnc2c1C. The monoisotopic (exact) mass is 287 g/mol. The first kappa shape index (κ1) is 13.0. The summed E-state index contributed by atoms with van der Waals surface area (Å²) in [6.45, 7) is 3.93. The van der Waals surface area contributed by atoms with E-state index in [1.165, 1.54) is 5.56 Å². The van der Waals surface area contributed by atoms with Gasteiger partial charge < -0.3 is 0 Å². The van der Waals surface area contributed by atoms with Crippen LogP contribution in [0.3, 0.4) is 0 Å². The molecule has 0 aliphatic rings. The van der Waals surface area contributed by atoms with Crippen LogP contribution in [0.15, 0.2) is 24.5 Å². The van der Waals surface area contributed by atoms with E-state index in [0.717, 1.165) is 35.4 Å². The average molecular weight is 288 g/mol. The normalized spacial score (nSPS) is 11.2. The van der Waals surface area contributed by atoms with E-state index in [1.54, 1.807) is 16.9 Å². The van der Waals surface area contributed by atoms with Crippen molar-refractivity contribution < 1.29 is 0 Å². The molecule has 0 radical (unpaired) electrons. The molecule has 0 spiro atoms. The van der Waals surface area contributed by atoms with Gasteiger partial charge >= 0.3 is 0 Å². The Morgan fingerprint density at radius 2 is 1.80 bits per heavy atom. The van der Waals surface area contributed by atoms with Crippen LogP contribution in [0.1, 0.15) is 22.5 Å². The Bertz CT molecular complexity index is 751. The Balaban J connectivity index is 1.93. The molecule has 0 saturated heterocycles. The molecule has 3 rings (SSSR count). The van der Waals surface area contributed by atoms with E-state index in [2.05, 4.69) is 20.3 Å². The zero-order chi connectivity index (χ0) is 14.1. The van der Waals surface area contributed by atoms with Crippen LogP contribution in [0.4, 0.5) is 0 Å². The summed E-state index contributed by atoms with van der Waals surface area (Å²) >= 11 is 6.14. The van der Waals surface area contributed by atoms with Crippen LogP contribution in [0, 0.1) is 13.8 Å². The summed E-state index contributed by atoms with van der Waals surface area (Å²) in [6, 6.07) is 4.00. The van der Waals surface area contributed by atoms with Gasteiger partial charge in [0.2, 0.25) is 0 Å². The Morgan fingerprint density at radius 3 is 2.55 bits per heavy atom. The molecule has 20 heavy (non-hydrogen) atoms. The Hall–Kier alpha value is -2.01. The smallest absolute Gasteiger partial charge is 0.181 e. The average Bonchev–Trinajstić information content (AvgIpc) is 2.87. The molecule has 0 N–H and O–H groups in total. The van der Waals surface area contributed by atoms with E-state index in [9.17, 15) is 0 Å². The molecule has 0 bridgehead atoms. The number of nitrogens with zero attached hydrogens (tertiary/aromatic N) is 5. The van der Waals surface area contributed by atoms with Crippen molar-refractivity contribution in [3.8, 4) is 0 Å². The van der Waals surface area contributed by atoms with Gasteiger partial charge in [-0.3, -0.25) is 4.98 Å². The highest BCUT2D eigenvalue weighted by Crippen LogP contribution is 2.20. The summed E-state index contributed by atoms with van der Waals surface area (Å²) in [5, 5.41) is 13.3. The minimum Gasteiger partial charge on any atom is -0.265 e. The minimum atomic E-state index is 0.500. The predicted octanol–water partition coefficient (Wildman–Crippen LogP) is 2.57. The molecule has 6 heteroatoms. The second kappa shape index (κ2) is 5.17. The van der Waals surface area contributed by atoms with Gasteiger partial charge in [-0.1, -0.05) is 11.6 Å². The number of hydrogen-bond acceptors (Lipinski definition) is 4. The molecule has 3 aromatic heterocycles. The van der Waals surface area contributed by atoms with Crippen LogP contribution < -0.4 is 0 Å². The van der Waals surface area contributed by atoms with Crippen molar-refractivity contribution in [2.75, 3.05) is 0 Å². The highest BCUT2D eigenvalue weighted by molar-refractivity contribution is 6.30. The second-order valence-electron chi connectivity index (χ2n) is 4.75. The lowest BCUT2D eigenvalue weighted by Crippen LogP contribution is -2.04. The first-order chi connectivity index (χ1) is 9.66. The Morgan fingerprint density at radius 1 is 1.05 bits per heavy atom. The number of aryl methyl sites for hydroxylation is 3. The molecule has 0 fully saturated rings. The molecular formula is C14H14ClN5. The fourth-order valence-corrected chi connectivity index (χ4v) is 2.32. The largest absolute Gasteiger partial charge is 0.265 e. The van der Waals surface area contributed by atoms with Crippen molar-refractivity contribution in [3.63, 3.8) is 0 Å². The van der Waals surface area contributed by atoms with Gasteiger partial charge in [-0.05, 0) is 43.5 Å². The van der Waals surface area contributed by atoms with E-state index >= 15 is 0 Å². The predicted molar refractivity (Wildman–Crippen MR) is 76.9 cm³/mol. The molecule has 3 aromatic rings. The molecule has 0 aliphatic heterocycles. The lowest BCUT2D eigenvalue weighted by atomic mass is 10.1. The van der Waals surface area contributed by atoms with E-state index in [4.69, 9.17) is 11.6 Å². The lowest BCUT2D eigenvalue weighted by Gasteiger charge is -2.05. The lowest BCUT2D eigenvalue weighted by molar-refractivity contribution is 0.780. The second-order valence-corrected chi connectivity index (χ2v) is 5.11. The zero-order valence-corrected chi connectivity index (χ0v) is 12.1. The number of halogens is 1. The van der Waals surface area contributed by atoms with Crippen molar-refractivity contribution in [2.45, 2.75) is 26.7 Å². The summed E-state index contributed by atoms with van der Waals surface area (Å²) < 4.78 is 1.74. The summed E-state index contributed by atoms with van der Waals surface area (Å²) in [7, 11) is 0. The summed E-state index contributed by atoms with van der Waals surface area (Å²) in [5.41, 5.74) is 3.96. The molecule has 0 amide bonds. The maximum Gasteiger partial charge on any atom is 0.181 e. The Labute approximate surface area is 121 Å². The van der Waals surface area contributed by atoms with Gasteiger partial charge in [0, 0.05) is 24.4 Å². The molecule has 0 aliphatic carbocycles. The molecular weight excluding hydrogens is 274 g/mol. The molecule has 0 saturated carbocycles. The zero-order valence-electron chi connectivity index (χ0n) is 11.3. The summed E-state index contributed by atoms with van der Waals surface area (Å²) in [5.74, 6) is 0.821. The van der Waals surface area contributed by atoms with Crippen LogP contribution in [0.25, 0.3) is 5.65 Å². The summed E-state index contributed by atoms with van der Waals surface area (Å²) in [6.07, 6.45) is 5.21. The van der Waals surface area contributed by atoms with Gasteiger partial charge in [0.1, 0.15) is 0 Å². The van der Waals surface area contributed by atoms with E-state index in [-0.39, 0.29) is 0 Å². The molecule has 3 heterocycles. The number of aromatic nitrogens is 5. The van der Waals surface area contributed by atoms with Crippen molar-refractivity contribution in [3.05, 3.63) is 52.2 Å². The maximum atomic E-state index is 6.14. The van der Waals surface area contributed by atoms with Gasteiger partial charge in [-0.2, -0.15) is 9.61 Å². The van der Waals surface area contributed by atoms with Crippen molar-refractivity contribution in [2.24, 2.45) is 0 Å². The van der Waals surface area contributed by atoms with Crippen LogP contribution in [-0.4, -0.2) is 24.8 Å². The van der Waals surface area contributed by atoms with E-state index < -0.39 is 0 Å². The third-order valence-electron chi connectivity index (χ3n) is 3.49. The van der Waals surface area contributed by atoms with Crippen molar-refractivity contribution in [1.29, 1.82) is 0 Å². The van der Waals surface area contributed by atoms with Gasteiger partial charge in [-0.25, -0.2) is 0 Å². The first-order valence-corrected chi connectivity index (χ1v) is 6.80. The van der Waals surface area contributed by atoms with Crippen LogP contribution in [-0.2, 0) is 12.8 Å². The highest BCUT2D eigenvalue weighted by Gasteiger charge is 2.13. The number of pyridine rings is 1. The van der Waals surface area contributed by atoms with Crippen molar-refractivity contribution >= 4 is 17.2 Å². The molecule has 5 nitrogen and oxygen atoms in total. The molecule has 102 valence electrons. The third-order valence-corrected chi connectivity index (χ3v) is 3.85. The van der Waals surface area contributed by atoms with Gasteiger partial charge in [0.05, 0.1) is 0 Å². The molecule has 0 unspecified atom stereocenters. The fourth-order valence-electron chi connectivity index (χ4n) is 2.10. The first-order valence-electron chi connectivity index (χ1n) is 6.42. The van der Waals surface area contributed by atoms with Gasteiger partial charge in [-0.15, -0.1) is 10.2 Å². The number of rotatable bonds is 3. The maximum absolute atomic E-state index is 6.14. The fraction of sp³-hybridized carbons (Fsp3) is 0.286. The van der Waals surface area contributed by atoms with Crippen LogP contribution >= 0.6 is 11.6 Å². The van der Waals surface area contributed by atoms with E-state index in [0.29, 0.717) is 5.15 Å². The van der Waals surface area contributed by atoms with Gasteiger partial charge in [0.25, 0.3) is 0 Å². The molecule has 0 aromatic carbocycles. The van der Waals surface area contributed by atoms with Gasteiger partial charge in [0.15, 0.2) is 16.6 Å². The topological polar surface area (TPSA) is 56.0 Å². The van der Waals surface area contributed by atoms with Crippen LogP contribution in [0.2, 0.25) is 5.15 Å². The minimum absolute atomic E-state index is 0.500. The summed E-state index contributed by atoms with van der Waals surface area (Å²) in [4.78, 5) is 4.01. The molecule has 0 atom stereocenters. The van der Waals surface area contributed by atoms with Crippen molar-refractivity contribution in [1.82, 2.24) is 24.8 Å². The third kappa shape index (κ3) is 2.25. The van der Waals surface area contributed by atoms with Crippen LogP contribution in [0.5, 0.6) is 0 Å². The van der Waals surface area contributed by atoms with E-state index in [1.807, 2.05) is 26.0 Å². The quantitative estimate of drug-likeness (QED) is 0.743. The number of fused-ring (bicyclic) bond motifs is 1.